The van der Waals surface area contributed by atoms with E-state index in [-0.39, 0.29) is 21.3 Å². The molecule has 1 amide bonds. The van der Waals surface area contributed by atoms with E-state index in [0.717, 1.165) is 6.07 Å². The number of halogens is 5. The molecular formula is C20H15Cl2F3N4O2S. The van der Waals surface area contributed by atoms with Gasteiger partial charge in [-0.3, -0.25) is 14.4 Å². The van der Waals surface area contributed by atoms with Crippen LogP contribution in [0.3, 0.4) is 0 Å². The highest BCUT2D eigenvalue weighted by atomic mass is 35.5. The summed E-state index contributed by atoms with van der Waals surface area (Å²) in [6.07, 6.45) is -3.50. The highest BCUT2D eigenvalue weighted by Crippen LogP contribution is 2.36. The quantitative estimate of drug-likeness (QED) is 0.498. The van der Waals surface area contributed by atoms with Gasteiger partial charge in [-0.05, 0) is 43.3 Å². The number of nitrogens with one attached hydrogen (secondary N) is 1. The summed E-state index contributed by atoms with van der Waals surface area (Å²) in [5.74, 6) is -0.238. The van der Waals surface area contributed by atoms with E-state index in [0.29, 0.717) is 17.6 Å². The Balaban J connectivity index is 1.94. The molecule has 1 aromatic carbocycles. The lowest BCUT2D eigenvalue weighted by Crippen LogP contribution is -2.29. The van der Waals surface area contributed by atoms with E-state index in [1.54, 1.807) is 25.1 Å². The first-order valence-electron chi connectivity index (χ1n) is 8.90. The number of alkyl halides is 3. The topological polar surface area (TPSA) is 75.2 Å². The normalized spacial score (nSPS) is 12.3. The molecule has 32 heavy (non-hydrogen) atoms. The number of hydrogen-bond acceptors (Lipinski definition) is 4. The van der Waals surface area contributed by atoms with Crippen LogP contribution in [0.2, 0.25) is 10.0 Å². The summed E-state index contributed by atoms with van der Waals surface area (Å²) in [6.45, 7) is 1.76. The fourth-order valence-electron chi connectivity index (χ4n) is 2.66. The highest BCUT2D eigenvalue weighted by molar-refractivity contribution is 7.86. The Kier molecular flexibility index (Phi) is 7.06. The molecule has 0 saturated carbocycles. The third-order valence-electron chi connectivity index (χ3n) is 4.24. The smallest absolute Gasteiger partial charge is 0.299 e. The number of hydrogen-bond donors (Lipinski definition) is 1. The Bertz CT molecular complexity index is 1210. The van der Waals surface area contributed by atoms with E-state index in [1.807, 2.05) is 0 Å². The predicted octanol–water partition coefficient (Wildman–Crippen LogP) is 5.52. The van der Waals surface area contributed by atoms with Gasteiger partial charge in [-0.25, -0.2) is 14.2 Å². The molecule has 0 radical (unpaired) electrons. The molecule has 0 spiro atoms. The van der Waals surface area contributed by atoms with E-state index in [2.05, 4.69) is 14.7 Å². The van der Waals surface area contributed by atoms with Gasteiger partial charge < -0.3 is 0 Å². The van der Waals surface area contributed by atoms with Crippen molar-refractivity contribution in [3.05, 3.63) is 75.7 Å². The first kappa shape index (κ1) is 24.0. The maximum atomic E-state index is 13.1. The molecule has 3 aromatic rings. The van der Waals surface area contributed by atoms with Gasteiger partial charge in [-0.2, -0.15) is 13.2 Å². The molecule has 0 fully saturated rings. The van der Waals surface area contributed by atoms with Crippen LogP contribution in [-0.4, -0.2) is 27.1 Å². The first-order valence-corrected chi connectivity index (χ1v) is 10.8. The van der Waals surface area contributed by atoms with Crippen molar-refractivity contribution in [2.24, 2.45) is 0 Å². The molecular weight excluding hydrogens is 488 g/mol. The lowest BCUT2D eigenvalue weighted by atomic mass is 10.2. The molecule has 2 aromatic heterocycles. The second kappa shape index (κ2) is 9.43. The first-order chi connectivity index (χ1) is 15.0. The minimum atomic E-state index is -4.72. The van der Waals surface area contributed by atoms with Crippen LogP contribution in [0.15, 0.2) is 53.6 Å². The van der Waals surface area contributed by atoms with Gasteiger partial charge in [0.2, 0.25) is 0 Å². The van der Waals surface area contributed by atoms with Gasteiger partial charge in [0, 0.05) is 18.9 Å². The highest BCUT2D eigenvalue weighted by Gasteiger charge is 2.34. The molecule has 0 bridgehead atoms. The molecule has 3 rings (SSSR count). The van der Waals surface area contributed by atoms with Gasteiger partial charge in [0.15, 0.2) is 5.69 Å². The van der Waals surface area contributed by atoms with Crippen molar-refractivity contribution in [2.45, 2.75) is 18.0 Å². The van der Waals surface area contributed by atoms with Crippen LogP contribution in [0, 0.1) is 6.92 Å². The standard InChI is InChI=1S/C20H15Cl2F3N4O2S/c1-11-4-3-5-17(27-11)29(2)19(30)18-16(8-12(21)10-26-18)28-32(31)13-6-7-15(22)14(9-13)20(23,24)25/h3-10,28H,1-2H3. The largest absolute Gasteiger partial charge is 0.417 e. The van der Waals surface area contributed by atoms with Gasteiger partial charge in [-0.15, -0.1) is 0 Å². The summed E-state index contributed by atoms with van der Waals surface area (Å²) in [6, 6.07) is 9.27. The number of aromatic nitrogens is 2. The average molecular weight is 503 g/mol. The molecule has 1 atom stereocenters. The number of nitrogens with zero attached hydrogens (tertiary/aromatic N) is 3. The van der Waals surface area contributed by atoms with Gasteiger partial charge >= 0.3 is 6.18 Å². The average Bonchev–Trinajstić information content (AvgIpc) is 2.72. The zero-order valence-electron chi connectivity index (χ0n) is 16.6. The molecule has 0 aliphatic heterocycles. The summed E-state index contributed by atoms with van der Waals surface area (Å²) >= 11 is 11.6. The molecule has 0 aliphatic carbocycles. The second-order valence-corrected chi connectivity index (χ2v) is 8.62. The van der Waals surface area contributed by atoms with Crippen LogP contribution in [0.1, 0.15) is 21.7 Å². The van der Waals surface area contributed by atoms with Crippen molar-refractivity contribution in [2.75, 3.05) is 16.7 Å². The van der Waals surface area contributed by atoms with E-state index in [9.17, 15) is 22.2 Å². The maximum Gasteiger partial charge on any atom is 0.417 e. The van der Waals surface area contributed by atoms with E-state index in [4.69, 9.17) is 23.2 Å². The monoisotopic (exact) mass is 502 g/mol. The zero-order chi connectivity index (χ0) is 23.6. The number of pyridine rings is 2. The van der Waals surface area contributed by atoms with Crippen molar-refractivity contribution in [1.29, 1.82) is 0 Å². The Morgan fingerprint density at radius 2 is 1.88 bits per heavy atom. The lowest BCUT2D eigenvalue weighted by Gasteiger charge is -2.18. The van der Waals surface area contributed by atoms with Gasteiger partial charge in [0.1, 0.15) is 16.8 Å². The van der Waals surface area contributed by atoms with Crippen molar-refractivity contribution >= 4 is 51.6 Å². The number of rotatable bonds is 5. The van der Waals surface area contributed by atoms with E-state index < -0.39 is 33.7 Å². The third-order valence-corrected chi connectivity index (χ3v) is 5.86. The number of carbonyl (C=O) groups excluding carboxylic acids is 1. The summed E-state index contributed by atoms with van der Waals surface area (Å²) in [7, 11) is -0.696. The van der Waals surface area contributed by atoms with E-state index >= 15 is 0 Å². The van der Waals surface area contributed by atoms with Crippen molar-refractivity contribution in [3.63, 3.8) is 0 Å². The fraction of sp³-hybridized carbons (Fsp3) is 0.150. The molecule has 168 valence electrons. The molecule has 12 heteroatoms. The third kappa shape index (κ3) is 5.37. The Hall–Kier alpha value is -2.69. The molecule has 1 unspecified atom stereocenters. The van der Waals surface area contributed by atoms with Crippen LogP contribution >= 0.6 is 23.2 Å². The van der Waals surface area contributed by atoms with Gasteiger partial charge in [-0.1, -0.05) is 29.3 Å². The Morgan fingerprint density at radius 3 is 2.53 bits per heavy atom. The van der Waals surface area contributed by atoms with Crippen LogP contribution in [0.4, 0.5) is 24.7 Å². The summed E-state index contributed by atoms with van der Waals surface area (Å²) in [5.41, 5.74) is -0.603. The number of aryl methyl sites for hydroxylation is 1. The van der Waals surface area contributed by atoms with E-state index in [1.165, 1.54) is 30.3 Å². The molecule has 1 N–H and O–H groups in total. The number of anilines is 2. The lowest BCUT2D eigenvalue weighted by molar-refractivity contribution is -0.137. The summed E-state index contributed by atoms with van der Waals surface area (Å²) in [4.78, 5) is 22.3. The zero-order valence-corrected chi connectivity index (χ0v) is 18.9. The fourth-order valence-corrected chi connectivity index (χ4v) is 3.93. The molecule has 2 heterocycles. The minimum absolute atomic E-state index is 0.0242. The minimum Gasteiger partial charge on any atom is -0.299 e. The molecule has 0 saturated heterocycles. The number of benzene rings is 1. The predicted molar refractivity (Wildman–Crippen MR) is 117 cm³/mol. The van der Waals surface area contributed by atoms with Crippen LogP contribution in [0.5, 0.6) is 0 Å². The maximum absolute atomic E-state index is 13.1. The Labute approximate surface area is 194 Å². The van der Waals surface area contributed by atoms with Crippen LogP contribution in [0.25, 0.3) is 0 Å². The number of carbonyl (C=O) groups is 1. The van der Waals surface area contributed by atoms with Gasteiger partial charge in [0.25, 0.3) is 5.91 Å². The van der Waals surface area contributed by atoms with Crippen molar-refractivity contribution in [3.8, 4) is 0 Å². The number of amides is 1. The molecule has 0 aliphatic rings. The second-order valence-electron chi connectivity index (χ2n) is 6.56. The van der Waals surface area contributed by atoms with Crippen molar-refractivity contribution in [1.82, 2.24) is 9.97 Å². The van der Waals surface area contributed by atoms with Crippen molar-refractivity contribution < 1.29 is 22.2 Å². The SMILES string of the molecule is Cc1cccc(N(C)C(=O)c2ncc(Cl)cc2NS(=O)c2ccc(Cl)c(C(F)(F)F)c2)n1. The summed E-state index contributed by atoms with van der Waals surface area (Å²) < 4.78 is 54.7. The van der Waals surface area contributed by atoms with Gasteiger partial charge in [0.05, 0.1) is 26.2 Å². The van der Waals surface area contributed by atoms with Crippen LogP contribution in [-0.2, 0) is 17.2 Å². The van der Waals surface area contributed by atoms with Crippen LogP contribution < -0.4 is 9.62 Å². The molecule has 6 nitrogen and oxygen atoms in total. The summed E-state index contributed by atoms with van der Waals surface area (Å²) in [5, 5.41) is -0.393. The Morgan fingerprint density at radius 1 is 1.16 bits per heavy atom.